The lowest BCUT2D eigenvalue weighted by molar-refractivity contribution is -0.185. The molecule has 24 heavy (non-hydrogen) atoms. The number of hydrogen-bond donors (Lipinski definition) is 2. The lowest BCUT2D eigenvalue weighted by atomic mass is 9.80. The summed E-state index contributed by atoms with van der Waals surface area (Å²) in [5.41, 5.74) is 1.25. The third-order valence-electron chi connectivity index (χ3n) is 4.26. The Balaban J connectivity index is 1.62. The first-order chi connectivity index (χ1) is 11.4. The van der Waals surface area contributed by atoms with Gasteiger partial charge in [0.2, 0.25) is 11.7 Å². The number of H-pyrrole nitrogens is 1. The highest BCUT2D eigenvalue weighted by Crippen LogP contribution is 2.40. The number of aromatic nitrogens is 4. The molecule has 1 heterocycles. The van der Waals surface area contributed by atoms with Crippen molar-refractivity contribution in [1.82, 2.24) is 20.6 Å². The summed E-state index contributed by atoms with van der Waals surface area (Å²) in [6.45, 7) is 0. The number of nitrogens with zero attached hydrogens (tertiary/aromatic N) is 3. The lowest BCUT2D eigenvalue weighted by Gasteiger charge is -2.29. The number of rotatable bonds is 3. The van der Waals surface area contributed by atoms with E-state index in [4.69, 9.17) is 0 Å². The van der Waals surface area contributed by atoms with Gasteiger partial charge in [-0.15, -0.1) is 10.2 Å². The number of tetrazole rings is 1. The molecular weight excluding hydrogens is 323 g/mol. The standard InChI is InChI=1S/C15H16F3N5O/c16-15(17,18)11-3-1-2-10(8-11)14(24)19-12-6-4-9(5-7-12)13-20-22-23-21-13/h4-7,10-11H,1-3,8H2,(H,19,24)(H,20,21,22,23)/t10-,11+/m1/s1. The molecule has 3 rings (SSSR count). The van der Waals surface area contributed by atoms with Gasteiger partial charge in [0, 0.05) is 17.2 Å². The van der Waals surface area contributed by atoms with Gasteiger partial charge in [-0.05, 0) is 48.7 Å². The molecule has 1 amide bonds. The van der Waals surface area contributed by atoms with Gasteiger partial charge in [0.1, 0.15) is 0 Å². The van der Waals surface area contributed by atoms with Crippen LogP contribution in [-0.4, -0.2) is 32.7 Å². The van der Waals surface area contributed by atoms with Crippen molar-refractivity contribution in [3.8, 4) is 11.4 Å². The fourth-order valence-electron chi connectivity index (χ4n) is 2.96. The number of hydrogen-bond acceptors (Lipinski definition) is 4. The van der Waals surface area contributed by atoms with Crippen LogP contribution in [0.4, 0.5) is 18.9 Å². The van der Waals surface area contributed by atoms with Gasteiger partial charge in [0.05, 0.1) is 5.92 Å². The maximum absolute atomic E-state index is 12.8. The van der Waals surface area contributed by atoms with Crippen molar-refractivity contribution >= 4 is 11.6 Å². The van der Waals surface area contributed by atoms with Crippen LogP contribution in [0.25, 0.3) is 11.4 Å². The summed E-state index contributed by atoms with van der Waals surface area (Å²) in [7, 11) is 0. The topological polar surface area (TPSA) is 83.6 Å². The molecule has 1 aromatic heterocycles. The molecule has 0 unspecified atom stereocenters. The number of carbonyl (C=O) groups is 1. The summed E-state index contributed by atoms with van der Waals surface area (Å²) in [4.78, 5) is 12.2. The quantitative estimate of drug-likeness (QED) is 0.900. The highest BCUT2D eigenvalue weighted by Gasteiger charge is 2.43. The van der Waals surface area contributed by atoms with Crippen LogP contribution in [0, 0.1) is 11.8 Å². The molecular formula is C15H16F3N5O. The van der Waals surface area contributed by atoms with Crippen LogP contribution in [0.15, 0.2) is 24.3 Å². The van der Waals surface area contributed by atoms with E-state index in [2.05, 4.69) is 25.9 Å². The van der Waals surface area contributed by atoms with Crippen molar-refractivity contribution in [2.75, 3.05) is 5.32 Å². The maximum Gasteiger partial charge on any atom is 0.391 e. The van der Waals surface area contributed by atoms with E-state index >= 15 is 0 Å². The number of alkyl halides is 3. The molecule has 1 aromatic carbocycles. The van der Waals surface area contributed by atoms with E-state index in [0.717, 1.165) is 5.56 Å². The number of nitrogens with one attached hydrogen (secondary N) is 2. The van der Waals surface area contributed by atoms with Crippen LogP contribution in [0.3, 0.4) is 0 Å². The summed E-state index contributed by atoms with van der Waals surface area (Å²) >= 11 is 0. The van der Waals surface area contributed by atoms with E-state index in [1.807, 2.05) is 0 Å². The second-order valence-electron chi connectivity index (χ2n) is 5.90. The van der Waals surface area contributed by atoms with Crippen molar-refractivity contribution in [3.63, 3.8) is 0 Å². The minimum Gasteiger partial charge on any atom is -0.326 e. The first kappa shape index (κ1) is 16.4. The van der Waals surface area contributed by atoms with Crippen molar-refractivity contribution in [3.05, 3.63) is 24.3 Å². The highest BCUT2D eigenvalue weighted by molar-refractivity contribution is 5.92. The van der Waals surface area contributed by atoms with E-state index in [0.29, 0.717) is 24.4 Å². The van der Waals surface area contributed by atoms with Gasteiger partial charge >= 0.3 is 6.18 Å². The van der Waals surface area contributed by atoms with Crippen molar-refractivity contribution in [2.24, 2.45) is 11.8 Å². The van der Waals surface area contributed by atoms with Gasteiger partial charge in [-0.25, -0.2) is 0 Å². The molecule has 1 aliphatic carbocycles. The number of benzene rings is 1. The predicted molar refractivity (Wildman–Crippen MR) is 79.7 cm³/mol. The number of amides is 1. The third-order valence-corrected chi connectivity index (χ3v) is 4.26. The average molecular weight is 339 g/mol. The summed E-state index contributed by atoms with van der Waals surface area (Å²) in [5.74, 6) is -1.94. The molecule has 0 radical (unpaired) electrons. The third kappa shape index (κ3) is 3.72. The molecule has 1 saturated carbocycles. The normalized spacial score (nSPS) is 21.5. The minimum atomic E-state index is -4.23. The average Bonchev–Trinajstić information content (AvgIpc) is 3.09. The molecule has 0 saturated heterocycles. The van der Waals surface area contributed by atoms with Gasteiger partial charge < -0.3 is 5.32 Å². The van der Waals surface area contributed by atoms with Crippen LogP contribution in [0.5, 0.6) is 0 Å². The van der Waals surface area contributed by atoms with Crippen LogP contribution < -0.4 is 5.32 Å². The van der Waals surface area contributed by atoms with Crippen molar-refractivity contribution < 1.29 is 18.0 Å². The highest BCUT2D eigenvalue weighted by atomic mass is 19.4. The largest absolute Gasteiger partial charge is 0.391 e. The molecule has 0 bridgehead atoms. The van der Waals surface area contributed by atoms with Crippen LogP contribution in [0.2, 0.25) is 0 Å². The Bertz CT molecular complexity index is 684. The predicted octanol–water partition coefficient (Wildman–Crippen LogP) is 3.17. The van der Waals surface area contributed by atoms with Gasteiger partial charge in [-0.3, -0.25) is 4.79 Å². The fraction of sp³-hybridized carbons (Fsp3) is 0.467. The molecule has 2 N–H and O–H groups in total. The Morgan fingerprint density at radius 2 is 1.96 bits per heavy atom. The van der Waals surface area contributed by atoms with E-state index in [9.17, 15) is 18.0 Å². The van der Waals surface area contributed by atoms with E-state index in [-0.39, 0.29) is 18.7 Å². The smallest absolute Gasteiger partial charge is 0.326 e. The lowest BCUT2D eigenvalue weighted by Crippen LogP contribution is -2.34. The molecule has 2 atom stereocenters. The summed E-state index contributed by atoms with van der Waals surface area (Å²) in [5, 5.41) is 16.2. The summed E-state index contributed by atoms with van der Waals surface area (Å²) in [6, 6.07) is 6.74. The van der Waals surface area contributed by atoms with E-state index < -0.39 is 18.0 Å². The molecule has 9 heteroatoms. The van der Waals surface area contributed by atoms with Crippen LogP contribution in [-0.2, 0) is 4.79 Å². The van der Waals surface area contributed by atoms with Gasteiger partial charge in [-0.1, -0.05) is 6.42 Å². The Hall–Kier alpha value is -2.45. The zero-order valence-corrected chi connectivity index (χ0v) is 12.7. The molecule has 1 fully saturated rings. The Morgan fingerprint density at radius 3 is 2.58 bits per heavy atom. The first-order valence-corrected chi connectivity index (χ1v) is 7.65. The van der Waals surface area contributed by atoms with E-state index in [1.165, 1.54) is 0 Å². The fourth-order valence-corrected chi connectivity index (χ4v) is 2.96. The summed E-state index contributed by atoms with van der Waals surface area (Å²) in [6.07, 6.45) is -3.37. The number of aromatic amines is 1. The Labute approximate surface area is 135 Å². The minimum absolute atomic E-state index is 0.104. The van der Waals surface area contributed by atoms with Gasteiger partial charge in [0.25, 0.3) is 0 Å². The Morgan fingerprint density at radius 1 is 1.21 bits per heavy atom. The monoisotopic (exact) mass is 339 g/mol. The second kappa shape index (κ2) is 6.58. The molecule has 2 aromatic rings. The van der Waals surface area contributed by atoms with Crippen LogP contribution >= 0.6 is 0 Å². The van der Waals surface area contributed by atoms with Crippen LogP contribution in [0.1, 0.15) is 25.7 Å². The van der Waals surface area contributed by atoms with Crippen molar-refractivity contribution in [2.45, 2.75) is 31.9 Å². The second-order valence-corrected chi connectivity index (χ2v) is 5.90. The number of anilines is 1. The van der Waals surface area contributed by atoms with Gasteiger partial charge in [-0.2, -0.15) is 18.4 Å². The molecule has 6 nitrogen and oxygen atoms in total. The number of halogens is 3. The zero-order chi connectivity index (χ0) is 17.2. The number of carbonyl (C=O) groups excluding carboxylic acids is 1. The summed E-state index contributed by atoms with van der Waals surface area (Å²) < 4.78 is 38.5. The Kier molecular flexibility index (Phi) is 4.50. The van der Waals surface area contributed by atoms with E-state index in [1.54, 1.807) is 24.3 Å². The molecule has 1 aliphatic rings. The molecule has 0 aliphatic heterocycles. The maximum atomic E-state index is 12.8. The molecule has 128 valence electrons. The van der Waals surface area contributed by atoms with Gasteiger partial charge in [0.15, 0.2) is 0 Å². The van der Waals surface area contributed by atoms with Crippen molar-refractivity contribution in [1.29, 1.82) is 0 Å². The molecule has 0 spiro atoms. The first-order valence-electron chi connectivity index (χ1n) is 7.65. The zero-order valence-electron chi connectivity index (χ0n) is 12.7. The SMILES string of the molecule is O=C(Nc1ccc(-c2nn[nH]n2)cc1)[C@@H]1CCC[C@H](C(F)(F)F)C1.